The second-order valence-electron chi connectivity index (χ2n) is 6.50. The molecule has 0 heterocycles. The van der Waals surface area contributed by atoms with Crippen LogP contribution in [-0.4, -0.2) is 66.5 Å². The quantitative estimate of drug-likeness (QED) is 0.343. The first kappa shape index (κ1) is 21.3. The third kappa shape index (κ3) is 13.7. The molecule has 0 aliphatic carbocycles. The molecule has 0 saturated heterocycles. The summed E-state index contributed by atoms with van der Waals surface area (Å²) in [5, 5.41) is 18.7. The van der Waals surface area contributed by atoms with Crippen molar-refractivity contribution in [1.82, 2.24) is 0 Å². The third-order valence-electron chi connectivity index (χ3n) is 2.86. The Labute approximate surface area is 138 Å². The molecule has 2 N–H and O–H groups in total. The van der Waals surface area contributed by atoms with Crippen molar-refractivity contribution >= 4 is 11.9 Å². The Morgan fingerprint density at radius 2 is 1.78 bits per heavy atom. The number of hydrogen-bond acceptors (Lipinski definition) is 4. The summed E-state index contributed by atoms with van der Waals surface area (Å²) in [6.45, 7) is 2.43. The van der Waals surface area contributed by atoms with E-state index in [2.05, 4.69) is 0 Å². The molecule has 0 aliphatic rings. The molecule has 23 heavy (non-hydrogen) atoms. The van der Waals surface area contributed by atoms with E-state index in [1.807, 2.05) is 40.2 Å². The van der Waals surface area contributed by atoms with Crippen LogP contribution in [0.2, 0.25) is 0 Å². The number of carbonyl (C=O) groups is 2. The van der Waals surface area contributed by atoms with Gasteiger partial charge in [-0.25, -0.2) is 0 Å². The van der Waals surface area contributed by atoms with Gasteiger partial charge in [0.1, 0.15) is 6.54 Å². The lowest BCUT2D eigenvalue weighted by molar-refractivity contribution is -0.873. The van der Waals surface area contributed by atoms with Gasteiger partial charge in [-0.05, 0) is 12.8 Å². The predicted molar refractivity (Wildman–Crippen MR) is 88.8 cm³/mol. The second kappa shape index (κ2) is 11.0. The minimum absolute atomic E-state index is 0.179. The Bertz CT molecular complexity index is 423. The van der Waals surface area contributed by atoms with Gasteiger partial charge in [-0.2, -0.15) is 0 Å². The van der Waals surface area contributed by atoms with Crippen LogP contribution in [0.3, 0.4) is 0 Å². The van der Waals surface area contributed by atoms with E-state index < -0.39 is 24.1 Å². The number of carboxylic acids is 1. The first-order valence-corrected chi connectivity index (χ1v) is 7.85. The van der Waals surface area contributed by atoms with Crippen molar-refractivity contribution in [2.45, 2.75) is 44.8 Å². The van der Waals surface area contributed by atoms with Crippen LogP contribution in [0.25, 0.3) is 0 Å². The lowest BCUT2D eigenvalue weighted by atomic mass is 10.2. The summed E-state index contributed by atoms with van der Waals surface area (Å²) in [6, 6.07) is 0. The van der Waals surface area contributed by atoms with Gasteiger partial charge >= 0.3 is 11.9 Å². The van der Waals surface area contributed by atoms with Gasteiger partial charge < -0.3 is 19.4 Å². The third-order valence-corrected chi connectivity index (χ3v) is 2.86. The molecule has 0 rings (SSSR count). The number of aliphatic carboxylic acids is 1. The number of hydrogen-bond donors (Lipinski definition) is 2. The molecule has 0 saturated carbocycles. The average molecular weight is 328 g/mol. The summed E-state index contributed by atoms with van der Waals surface area (Å²) < 4.78 is 5.69. The monoisotopic (exact) mass is 328 g/mol. The molecule has 6 nitrogen and oxygen atoms in total. The first-order chi connectivity index (χ1) is 10.6. The number of carboxylic acid groups (broad SMARTS) is 1. The molecule has 2 unspecified atom stereocenters. The average Bonchev–Trinajstić information content (AvgIpc) is 2.35. The summed E-state index contributed by atoms with van der Waals surface area (Å²) in [5.41, 5.74) is 0. The lowest BCUT2D eigenvalue weighted by Crippen LogP contribution is -2.44. The molecule has 0 fully saturated rings. The smallest absolute Gasteiger partial charge is 0.309 e. The minimum atomic E-state index is -1.01. The molecule has 0 aromatic heterocycles. The zero-order valence-corrected chi connectivity index (χ0v) is 14.6. The van der Waals surface area contributed by atoms with Crippen molar-refractivity contribution in [3.05, 3.63) is 24.3 Å². The van der Waals surface area contributed by atoms with Crippen LogP contribution >= 0.6 is 0 Å². The number of allylic oxidation sites excluding steroid dienone is 3. The van der Waals surface area contributed by atoms with Crippen molar-refractivity contribution in [3.8, 4) is 0 Å². The van der Waals surface area contributed by atoms with Gasteiger partial charge in [0, 0.05) is 0 Å². The van der Waals surface area contributed by atoms with E-state index in [-0.39, 0.29) is 12.8 Å². The summed E-state index contributed by atoms with van der Waals surface area (Å²) in [7, 11) is 5.68. The first-order valence-electron chi connectivity index (χ1n) is 7.85. The SMILES string of the molecule is CC/C=C/C/C=C/C(O)CC(=O)OC(CC(=O)O)C[N+](C)(C)C. The van der Waals surface area contributed by atoms with E-state index in [0.29, 0.717) is 17.4 Å². The molecule has 0 aromatic rings. The van der Waals surface area contributed by atoms with Gasteiger partial charge in [-0.15, -0.1) is 0 Å². The maximum atomic E-state index is 11.8. The molecule has 0 spiro atoms. The van der Waals surface area contributed by atoms with Crippen LogP contribution in [-0.2, 0) is 14.3 Å². The second-order valence-corrected chi connectivity index (χ2v) is 6.50. The largest absolute Gasteiger partial charge is 0.481 e. The van der Waals surface area contributed by atoms with Gasteiger partial charge in [0.25, 0.3) is 0 Å². The van der Waals surface area contributed by atoms with Crippen LogP contribution in [0.4, 0.5) is 0 Å². The van der Waals surface area contributed by atoms with Gasteiger partial charge in [-0.1, -0.05) is 31.2 Å². The van der Waals surface area contributed by atoms with E-state index >= 15 is 0 Å². The van der Waals surface area contributed by atoms with Gasteiger partial charge in [-0.3, -0.25) is 9.59 Å². The molecule has 0 bridgehead atoms. The van der Waals surface area contributed by atoms with Crippen LogP contribution < -0.4 is 0 Å². The number of nitrogens with zero attached hydrogens (tertiary/aromatic N) is 1. The number of aliphatic hydroxyl groups excluding tert-OH is 1. The lowest BCUT2D eigenvalue weighted by Gasteiger charge is -2.28. The van der Waals surface area contributed by atoms with E-state index in [4.69, 9.17) is 9.84 Å². The molecule has 6 heteroatoms. The van der Waals surface area contributed by atoms with Crippen molar-refractivity contribution < 1.29 is 29.0 Å². The topological polar surface area (TPSA) is 83.8 Å². The number of rotatable bonds is 11. The predicted octanol–water partition coefficient (Wildman–Crippen LogP) is 1.74. The number of ether oxygens (including phenoxy) is 1. The standard InChI is InChI=1S/C17H29NO5/c1-5-6-7-8-9-10-14(19)11-17(22)23-15(12-16(20)21)13-18(2,3)4/h6-7,9-10,14-15,19H,5,8,11-13H2,1-4H3/p+1/b7-6+,10-9+. The van der Waals surface area contributed by atoms with Crippen LogP contribution in [0.5, 0.6) is 0 Å². The molecule has 0 amide bonds. The van der Waals surface area contributed by atoms with E-state index in [1.54, 1.807) is 12.2 Å². The van der Waals surface area contributed by atoms with Crippen LogP contribution in [0, 0.1) is 0 Å². The Morgan fingerprint density at radius 3 is 2.30 bits per heavy atom. The molecular weight excluding hydrogens is 298 g/mol. The Morgan fingerprint density at radius 1 is 1.13 bits per heavy atom. The zero-order chi connectivity index (χ0) is 17.9. The normalized spacial score (nSPS) is 15.0. The maximum Gasteiger partial charge on any atom is 0.309 e. The number of carbonyl (C=O) groups excluding carboxylic acids is 1. The van der Waals surface area contributed by atoms with Gasteiger partial charge in [0.2, 0.25) is 0 Å². The van der Waals surface area contributed by atoms with Crippen molar-refractivity contribution in [1.29, 1.82) is 0 Å². The van der Waals surface area contributed by atoms with Crippen LogP contribution in [0.1, 0.15) is 32.6 Å². The van der Waals surface area contributed by atoms with Crippen molar-refractivity contribution in [3.63, 3.8) is 0 Å². The zero-order valence-electron chi connectivity index (χ0n) is 14.6. The molecule has 2 atom stereocenters. The fourth-order valence-corrected chi connectivity index (χ4v) is 2.00. The van der Waals surface area contributed by atoms with E-state index in [0.717, 1.165) is 6.42 Å². The van der Waals surface area contributed by atoms with Crippen molar-refractivity contribution in [2.75, 3.05) is 27.7 Å². The molecule has 0 aliphatic heterocycles. The summed E-state index contributed by atoms with van der Waals surface area (Å²) in [5.74, 6) is -1.61. The summed E-state index contributed by atoms with van der Waals surface area (Å²) in [4.78, 5) is 22.7. The molecule has 0 radical (unpaired) electrons. The Balaban J connectivity index is 4.39. The van der Waals surface area contributed by atoms with E-state index in [1.165, 1.54) is 0 Å². The van der Waals surface area contributed by atoms with Gasteiger partial charge in [0.15, 0.2) is 6.10 Å². The Hall–Kier alpha value is -1.66. The number of likely N-dealkylation sites (N-methyl/N-ethyl adjacent to an activating group) is 1. The highest BCUT2D eigenvalue weighted by atomic mass is 16.5. The minimum Gasteiger partial charge on any atom is -0.481 e. The number of quaternary nitrogens is 1. The fraction of sp³-hybridized carbons (Fsp3) is 0.647. The van der Waals surface area contributed by atoms with Gasteiger partial charge in [0.05, 0.1) is 40.1 Å². The van der Waals surface area contributed by atoms with Crippen LogP contribution in [0.15, 0.2) is 24.3 Å². The highest BCUT2D eigenvalue weighted by Crippen LogP contribution is 2.08. The van der Waals surface area contributed by atoms with Crippen molar-refractivity contribution in [2.24, 2.45) is 0 Å². The molecule has 0 aromatic carbocycles. The maximum absolute atomic E-state index is 11.8. The number of esters is 1. The highest BCUT2D eigenvalue weighted by molar-refractivity contribution is 5.72. The Kier molecular flexibility index (Phi) is 10.2. The number of aliphatic hydroxyl groups is 1. The molecular formula is C17H30NO5+. The fourth-order valence-electron chi connectivity index (χ4n) is 2.00. The summed E-state index contributed by atoms with van der Waals surface area (Å²) >= 11 is 0. The summed E-state index contributed by atoms with van der Waals surface area (Å²) in [6.07, 6.45) is 6.94. The highest BCUT2D eigenvalue weighted by Gasteiger charge is 2.25. The van der Waals surface area contributed by atoms with E-state index in [9.17, 15) is 14.7 Å². The molecule has 132 valence electrons.